The Bertz CT molecular complexity index is 685. The SMILES string of the molecule is COc1c(CN[C@@H]2CCN(c3cccc(Cl)c3)C2)c(C)nn1C. The molecule has 1 saturated heterocycles. The Morgan fingerprint density at radius 2 is 2.26 bits per heavy atom. The molecule has 1 atom stereocenters. The number of aromatic nitrogens is 2. The number of hydrogen-bond donors (Lipinski definition) is 1. The fourth-order valence-corrected chi connectivity index (χ4v) is 3.40. The van der Waals surface area contributed by atoms with Gasteiger partial charge < -0.3 is 15.0 Å². The zero-order chi connectivity index (χ0) is 16.4. The molecular formula is C17H23ClN4O. The lowest BCUT2D eigenvalue weighted by atomic mass is 10.2. The van der Waals surface area contributed by atoms with Crippen LogP contribution in [-0.4, -0.2) is 36.0 Å². The zero-order valence-corrected chi connectivity index (χ0v) is 14.6. The van der Waals surface area contributed by atoms with E-state index in [-0.39, 0.29) is 0 Å². The van der Waals surface area contributed by atoms with Crippen LogP contribution >= 0.6 is 11.6 Å². The summed E-state index contributed by atoms with van der Waals surface area (Å²) in [5.41, 5.74) is 3.34. The molecular weight excluding hydrogens is 312 g/mol. The van der Waals surface area contributed by atoms with Crippen LogP contribution in [0.2, 0.25) is 5.02 Å². The number of anilines is 1. The predicted molar refractivity (Wildman–Crippen MR) is 93.4 cm³/mol. The lowest BCUT2D eigenvalue weighted by molar-refractivity contribution is 0.367. The van der Waals surface area contributed by atoms with E-state index >= 15 is 0 Å². The highest BCUT2D eigenvalue weighted by Crippen LogP contribution is 2.25. The molecule has 0 radical (unpaired) electrons. The van der Waals surface area contributed by atoms with E-state index in [0.29, 0.717) is 6.04 Å². The molecule has 5 nitrogen and oxygen atoms in total. The summed E-state index contributed by atoms with van der Waals surface area (Å²) in [6.45, 7) is 4.83. The van der Waals surface area contributed by atoms with Gasteiger partial charge in [0.15, 0.2) is 0 Å². The second-order valence-electron chi connectivity index (χ2n) is 5.99. The van der Waals surface area contributed by atoms with Gasteiger partial charge in [-0.05, 0) is 31.5 Å². The smallest absolute Gasteiger partial charge is 0.216 e. The number of rotatable bonds is 5. The molecule has 0 bridgehead atoms. The van der Waals surface area contributed by atoms with Crippen LogP contribution in [-0.2, 0) is 13.6 Å². The Morgan fingerprint density at radius 3 is 3.00 bits per heavy atom. The second kappa shape index (κ2) is 6.81. The summed E-state index contributed by atoms with van der Waals surface area (Å²) in [7, 11) is 3.60. The van der Waals surface area contributed by atoms with Crippen molar-refractivity contribution in [1.82, 2.24) is 15.1 Å². The molecule has 1 aliphatic rings. The van der Waals surface area contributed by atoms with Crippen LogP contribution in [0.4, 0.5) is 5.69 Å². The van der Waals surface area contributed by atoms with E-state index in [4.69, 9.17) is 16.3 Å². The van der Waals surface area contributed by atoms with Gasteiger partial charge in [-0.2, -0.15) is 5.10 Å². The first-order valence-electron chi connectivity index (χ1n) is 7.89. The summed E-state index contributed by atoms with van der Waals surface area (Å²) >= 11 is 6.09. The summed E-state index contributed by atoms with van der Waals surface area (Å²) in [4.78, 5) is 2.37. The Balaban J connectivity index is 1.61. The minimum Gasteiger partial charge on any atom is -0.481 e. The standard InChI is InChI=1S/C17H23ClN4O/c1-12-16(17(23-3)21(2)20-12)10-19-14-7-8-22(11-14)15-6-4-5-13(18)9-15/h4-6,9,14,19H,7-8,10-11H2,1-3H3/t14-/m1/s1. The van der Waals surface area contributed by atoms with Gasteiger partial charge >= 0.3 is 0 Å². The summed E-state index contributed by atoms with van der Waals surface area (Å²) in [5, 5.41) is 8.85. The molecule has 1 N–H and O–H groups in total. The average molecular weight is 335 g/mol. The van der Waals surface area contributed by atoms with Gasteiger partial charge in [-0.1, -0.05) is 17.7 Å². The fraction of sp³-hybridized carbons (Fsp3) is 0.471. The fourth-order valence-electron chi connectivity index (χ4n) is 3.22. The first-order valence-corrected chi connectivity index (χ1v) is 8.26. The van der Waals surface area contributed by atoms with Gasteiger partial charge in [0, 0.05) is 43.4 Å². The lowest BCUT2D eigenvalue weighted by Gasteiger charge is -2.19. The van der Waals surface area contributed by atoms with Crippen molar-refractivity contribution in [3.63, 3.8) is 0 Å². The van der Waals surface area contributed by atoms with Gasteiger partial charge in [0.2, 0.25) is 5.88 Å². The highest BCUT2D eigenvalue weighted by atomic mass is 35.5. The third-order valence-corrected chi connectivity index (χ3v) is 4.65. The van der Waals surface area contributed by atoms with Crippen LogP contribution in [0.1, 0.15) is 17.7 Å². The normalized spacial score (nSPS) is 17.7. The molecule has 6 heteroatoms. The summed E-state index contributed by atoms with van der Waals surface area (Å²) in [6.07, 6.45) is 1.12. The van der Waals surface area contributed by atoms with Crippen molar-refractivity contribution in [3.05, 3.63) is 40.5 Å². The quantitative estimate of drug-likeness (QED) is 0.913. The molecule has 2 heterocycles. The Labute approximate surface area is 142 Å². The molecule has 0 saturated carbocycles. The number of halogens is 1. The molecule has 1 fully saturated rings. The maximum absolute atomic E-state index is 6.09. The molecule has 23 heavy (non-hydrogen) atoms. The summed E-state index contributed by atoms with van der Waals surface area (Å²) in [5.74, 6) is 0.833. The zero-order valence-electron chi connectivity index (χ0n) is 13.8. The van der Waals surface area contributed by atoms with E-state index in [1.807, 2.05) is 32.2 Å². The molecule has 0 unspecified atom stereocenters. The van der Waals surface area contributed by atoms with Crippen molar-refractivity contribution in [3.8, 4) is 5.88 Å². The van der Waals surface area contributed by atoms with E-state index in [1.165, 1.54) is 5.69 Å². The molecule has 1 aromatic heterocycles. The Hall–Kier alpha value is -1.72. The third-order valence-electron chi connectivity index (χ3n) is 4.41. The maximum atomic E-state index is 6.09. The van der Waals surface area contributed by atoms with E-state index in [9.17, 15) is 0 Å². The number of nitrogens with one attached hydrogen (secondary N) is 1. The number of hydrogen-bond acceptors (Lipinski definition) is 4. The van der Waals surface area contributed by atoms with Crippen LogP contribution in [0, 0.1) is 6.92 Å². The van der Waals surface area contributed by atoms with Crippen LogP contribution in [0.5, 0.6) is 5.88 Å². The van der Waals surface area contributed by atoms with E-state index in [1.54, 1.807) is 11.8 Å². The minimum atomic E-state index is 0.457. The summed E-state index contributed by atoms with van der Waals surface area (Å²) in [6, 6.07) is 8.51. The minimum absolute atomic E-state index is 0.457. The van der Waals surface area contributed by atoms with Crippen LogP contribution < -0.4 is 15.0 Å². The van der Waals surface area contributed by atoms with E-state index in [2.05, 4.69) is 21.4 Å². The molecule has 2 aromatic rings. The molecule has 1 aromatic carbocycles. The van der Waals surface area contributed by atoms with Crippen LogP contribution in [0.3, 0.4) is 0 Å². The molecule has 1 aliphatic heterocycles. The van der Waals surface area contributed by atoms with Crippen LogP contribution in [0.25, 0.3) is 0 Å². The molecule has 0 amide bonds. The molecule has 3 rings (SSSR count). The van der Waals surface area contributed by atoms with Gasteiger partial charge in [0.05, 0.1) is 18.4 Å². The average Bonchev–Trinajstić information content (AvgIpc) is 3.09. The molecule has 0 aliphatic carbocycles. The van der Waals surface area contributed by atoms with Gasteiger partial charge in [-0.3, -0.25) is 0 Å². The molecule has 124 valence electrons. The monoisotopic (exact) mass is 334 g/mol. The van der Waals surface area contributed by atoms with E-state index < -0.39 is 0 Å². The second-order valence-corrected chi connectivity index (χ2v) is 6.43. The summed E-state index contributed by atoms with van der Waals surface area (Å²) < 4.78 is 7.24. The Kier molecular flexibility index (Phi) is 4.78. The van der Waals surface area contributed by atoms with Crippen molar-refractivity contribution < 1.29 is 4.74 Å². The predicted octanol–water partition coefficient (Wildman–Crippen LogP) is 2.76. The molecule has 0 spiro atoms. The maximum Gasteiger partial charge on any atom is 0.216 e. The number of ether oxygens (including phenoxy) is 1. The number of benzene rings is 1. The first-order chi connectivity index (χ1) is 11.1. The first kappa shape index (κ1) is 16.1. The van der Waals surface area contributed by atoms with Crippen molar-refractivity contribution in [2.75, 3.05) is 25.1 Å². The van der Waals surface area contributed by atoms with Gasteiger partial charge in [-0.15, -0.1) is 0 Å². The number of aryl methyl sites for hydroxylation is 2. The largest absolute Gasteiger partial charge is 0.481 e. The van der Waals surface area contributed by atoms with Crippen LogP contribution in [0.15, 0.2) is 24.3 Å². The van der Waals surface area contributed by atoms with Crippen molar-refractivity contribution in [2.45, 2.75) is 25.9 Å². The Morgan fingerprint density at radius 1 is 1.43 bits per heavy atom. The van der Waals surface area contributed by atoms with E-state index in [0.717, 1.165) is 48.2 Å². The highest BCUT2D eigenvalue weighted by Gasteiger charge is 2.23. The lowest BCUT2D eigenvalue weighted by Crippen LogP contribution is -2.32. The van der Waals surface area contributed by atoms with Gasteiger partial charge in [-0.25, -0.2) is 4.68 Å². The van der Waals surface area contributed by atoms with Crippen molar-refractivity contribution in [1.29, 1.82) is 0 Å². The van der Waals surface area contributed by atoms with Crippen molar-refractivity contribution >= 4 is 17.3 Å². The third kappa shape index (κ3) is 3.46. The van der Waals surface area contributed by atoms with Crippen molar-refractivity contribution in [2.24, 2.45) is 7.05 Å². The topological polar surface area (TPSA) is 42.3 Å². The van der Waals surface area contributed by atoms with Gasteiger partial charge in [0.25, 0.3) is 0 Å². The number of nitrogens with zero attached hydrogens (tertiary/aromatic N) is 3. The number of methoxy groups -OCH3 is 1. The van der Waals surface area contributed by atoms with Gasteiger partial charge in [0.1, 0.15) is 0 Å². The highest BCUT2D eigenvalue weighted by molar-refractivity contribution is 6.30.